The number of ether oxygens (including phenoxy) is 2. The number of esters is 2. The van der Waals surface area contributed by atoms with Gasteiger partial charge in [-0.15, -0.1) is 0 Å². The quantitative estimate of drug-likeness (QED) is 0.0235. The van der Waals surface area contributed by atoms with E-state index in [1.807, 2.05) is 12.2 Å². The lowest BCUT2D eigenvalue weighted by molar-refractivity contribution is -0.161. The molecule has 0 spiro atoms. The monoisotopic (exact) mass is 784 g/mol. The third-order valence-corrected chi connectivity index (χ3v) is 9.53. The predicted octanol–water partition coefficient (Wildman–Crippen LogP) is 10.6. The minimum absolute atomic E-state index is 0.0855. The van der Waals surface area contributed by atoms with Crippen molar-refractivity contribution in [1.82, 2.24) is 0 Å². The van der Waals surface area contributed by atoms with Gasteiger partial charge in [0.1, 0.15) is 12.6 Å². The molecule has 1 unspecified atom stereocenters. The van der Waals surface area contributed by atoms with Crippen molar-refractivity contribution in [2.45, 2.75) is 180 Å². The van der Waals surface area contributed by atoms with Crippen molar-refractivity contribution in [3.8, 4) is 0 Å². The first-order valence-electron chi connectivity index (χ1n) is 20.7. The maximum absolute atomic E-state index is 12.6. The van der Waals surface area contributed by atoms with Crippen LogP contribution in [0.3, 0.4) is 0 Å². The molecule has 0 saturated carbocycles. The third kappa shape index (κ3) is 36.4. The zero-order valence-electron chi connectivity index (χ0n) is 33.6. The van der Waals surface area contributed by atoms with Crippen LogP contribution in [0.15, 0.2) is 48.6 Å². The van der Waals surface area contributed by atoms with Crippen LogP contribution in [0.1, 0.15) is 168 Å². The van der Waals surface area contributed by atoms with Crippen molar-refractivity contribution in [2.75, 3.05) is 19.8 Å². The molecule has 0 aromatic rings. The molecule has 54 heavy (non-hydrogen) atoms. The minimum Gasteiger partial charge on any atom is -0.480 e. The Morgan fingerprint density at radius 2 is 1.00 bits per heavy atom. The average Bonchev–Trinajstić information content (AvgIpc) is 3.14. The fourth-order valence-corrected chi connectivity index (χ4v) is 6.07. The molecular formula is C42H74NO10P. The third-order valence-electron chi connectivity index (χ3n) is 8.58. The summed E-state index contributed by atoms with van der Waals surface area (Å²) in [6.07, 6.45) is 40.4. The normalized spacial score (nSPS) is 14.3. The molecule has 11 nitrogen and oxygen atoms in total. The van der Waals surface area contributed by atoms with Crippen molar-refractivity contribution >= 4 is 25.7 Å². The summed E-state index contributed by atoms with van der Waals surface area (Å²) in [5, 5.41) is 8.87. The first-order chi connectivity index (χ1) is 26.1. The Kier molecular flexibility index (Phi) is 35.6. The molecule has 4 N–H and O–H groups in total. The topological polar surface area (TPSA) is 172 Å². The molecule has 0 saturated heterocycles. The van der Waals surface area contributed by atoms with Gasteiger partial charge in [0.2, 0.25) is 0 Å². The number of aliphatic carboxylic acids is 1. The second-order valence-corrected chi connectivity index (χ2v) is 15.2. The van der Waals surface area contributed by atoms with Crippen LogP contribution in [0.25, 0.3) is 0 Å². The number of unbranched alkanes of at least 4 members (excludes halogenated alkanes) is 16. The Hall–Kier alpha value is -2.56. The standard InChI is InChI=1S/C42H74NO10P/c1-3-5-7-9-11-13-15-17-18-19-20-22-24-26-28-30-32-34-41(45)53-38(36-51-54(48,49)52-37-39(43)42(46)47)35-50-40(44)33-31-29-27-25-23-21-16-14-12-10-8-6-4-2/h11,13,17-18,20,22,26,28,38-39H,3-10,12,14-16,19,21,23-25,27,29-37,43H2,1-2H3,(H,46,47)(H,48,49)/b13-11+,18-17+,22-20+,28-26+/t38-,39+/m1/s1. The Morgan fingerprint density at radius 3 is 1.52 bits per heavy atom. The molecule has 0 heterocycles. The number of phosphoric ester groups is 1. The number of allylic oxidation sites excluding steroid dienone is 8. The average molecular weight is 784 g/mol. The molecule has 0 rings (SSSR count). The molecular weight excluding hydrogens is 709 g/mol. The van der Waals surface area contributed by atoms with Gasteiger partial charge in [0.25, 0.3) is 0 Å². The number of rotatable bonds is 38. The van der Waals surface area contributed by atoms with E-state index in [0.717, 1.165) is 44.9 Å². The summed E-state index contributed by atoms with van der Waals surface area (Å²) in [5.74, 6) is -2.45. The Morgan fingerprint density at radius 1 is 0.574 bits per heavy atom. The second-order valence-electron chi connectivity index (χ2n) is 13.8. The van der Waals surface area contributed by atoms with Gasteiger partial charge >= 0.3 is 25.7 Å². The molecule has 0 aromatic carbocycles. The van der Waals surface area contributed by atoms with E-state index < -0.39 is 51.1 Å². The summed E-state index contributed by atoms with van der Waals surface area (Å²) < 4.78 is 32.6. The smallest absolute Gasteiger partial charge is 0.472 e. The van der Waals surface area contributed by atoms with Gasteiger partial charge in [0.05, 0.1) is 13.2 Å². The summed E-state index contributed by atoms with van der Waals surface area (Å²) in [5.41, 5.74) is 5.32. The van der Waals surface area contributed by atoms with E-state index in [-0.39, 0.29) is 19.4 Å². The van der Waals surface area contributed by atoms with Crippen molar-refractivity contribution in [1.29, 1.82) is 0 Å². The maximum atomic E-state index is 12.6. The molecule has 0 aromatic heterocycles. The summed E-state index contributed by atoms with van der Waals surface area (Å²) in [4.78, 5) is 45.8. The van der Waals surface area contributed by atoms with Crippen molar-refractivity contribution < 1.29 is 47.5 Å². The first-order valence-corrected chi connectivity index (χ1v) is 22.2. The SMILES string of the molecule is CCCCC/C=C/C/C=C/C/C=C/C/C=C/CCCC(=O)O[C@H](COC(=O)CCCCCCCCCCCCCCC)COP(=O)(O)OC[C@H](N)C(=O)O. The van der Waals surface area contributed by atoms with Gasteiger partial charge in [0, 0.05) is 12.8 Å². The summed E-state index contributed by atoms with van der Waals surface area (Å²) >= 11 is 0. The highest BCUT2D eigenvalue weighted by molar-refractivity contribution is 7.47. The van der Waals surface area contributed by atoms with Gasteiger partial charge in [-0.1, -0.05) is 152 Å². The number of phosphoric acid groups is 1. The van der Waals surface area contributed by atoms with Crippen LogP contribution in [0.5, 0.6) is 0 Å². The summed E-state index contributed by atoms with van der Waals surface area (Å²) in [6, 6.07) is -1.53. The van der Waals surface area contributed by atoms with E-state index in [4.69, 9.17) is 24.8 Å². The predicted molar refractivity (Wildman–Crippen MR) is 217 cm³/mol. The lowest BCUT2D eigenvalue weighted by Crippen LogP contribution is -2.34. The van der Waals surface area contributed by atoms with Gasteiger partial charge < -0.3 is 25.2 Å². The Bertz CT molecular complexity index is 1110. The molecule has 0 bridgehead atoms. The number of nitrogens with two attached hydrogens (primary N) is 1. The van der Waals surface area contributed by atoms with Crippen molar-refractivity contribution in [3.05, 3.63) is 48.6 Å². The molecule has 0 aliphatic rings. The largest absolute Gasteiger partial charge is 0.480 e. The molecule has 0 aliphatic heterocycles. The highest BCUT2D eigenvalue weighted by atomic mass is 31.2. The lowest BCUT2D eigenvalue weighted by atomic mass is 10.0. The molecule has 0 fully saturated rings. The van der Waals surface area contributed by atoms with E-state index in [1.54, 1.807) is 0 Å². The van der Waals surface area contributed by atoms with Crippen LogP contribution >= 0.6 is 7.82 Å². The zero-order valence-corrected chi connectivity index (χ0v) is 34.4. The van der Waals surface area contributed by atoms with Gasteiger partial charge in [-0.25, -0.2) is 4.57 Å². The number of hydrogen-bond donors (Lipinski definition) is 3. The van der Waals surface area contributed by atoms with Gasteiger partial charge in [-0.3, -0.25) is 23.4 Å². The van der Waals surface area contributed by atoms with E-state index in [1.165, 1.54) is 77.0 Å². The number of carbonyl (C=O) groups is 3. The van der Waals surface area contributed by atoms with Crippen LogP contribution < -0.4 is 5.73 Å². The highest BCUT2D eigenvalue weighted by Crippen LogP contribution is 2.43. The number of carboxylic acids is 1. The lowest BCUT2D eigenvalue weighted by Gasteiger charge is -2.20. The van der Waals surface area contributed by atoms with Crippen LogP contribution in [0.2, 0.25) is 0 Å². The number of carboxylic acid groups (broad SMARTS) is 1. The van der Waals surface area contributed by atoms with Crippen LogP contribution in [0, 0.1) is 0 Å². The van der Waals surface area contributed by atoms with Crippen molar-refractivity contribution in [3.63, 3.8) is 0 Å². The first kappa shape index (κ1) is 51.4. The molecule has 0 radical (unpaired) electrons. The van der Waals surface area contributed by atoms with Gasteiger partial charge in [0.15, 0.2) is 6.10 Å². The van der Waals surface area contributed by atoms with Crippen LogP contribution in [-0.4, -0.2) is 59.9 Å². The fraction of sp³-hybridized carbons (Fsp3) is 0.738. The highest BCUT2D eigenvalue weighted by Gasteiger charge is 2.28. The Balaban J connectivity index is 4.50. The van der Waals surface area contributed by atoms with E-state index in [9.17, 15) is 23.8 Å². The molecule has 0 amide bonds. The van der Waals surface area contributed by atoms with Crippen LogP contribution in [-0.2, 0) is 37.5 Å². The van der Waals surface area contributed by atoms with E-state index >= 15 is 0 Å². The summed E-state index contributed by atoms with van der Waals surface area (Å²) in [6.45, 7) is 2.71. The second kappa shape index (κ2) is 37.4. The van der Waals surface area contributed by atoms with Crippen LogP contribution in [0.4, 0.5) is 0 Å². The zero-order chi connectivity index (χ0) is 40.0. The van der Waals surface area contributed by atoms with E-state index in [2.05, 4.69) is 54.8 Å². The Labute approximate surface area is 326 Å². The molecule has 312 valence electrons. The van der Waals surface area contributed by atoms with Crippen molar-refractivity contribution in [2.24, 2.45) is 5.73 Å². The summed E-state index contributed by atoms with van der Waals surface area (Å²) in [7, 11) is -4.73. The fourth-order valence-electron chi connectivity index (χ4n) is 5.29. The number of carbonyl (C=O) groups excluding carboxylic acids is 2. The molecule has 0 aliphatic carbocycles. The maximum Gasteiger partial charge on any atom is 0.472 e. The van der Waals surface area contributed by atoms with Gasteiger partial charge in [-0.05, 0) is 51.4 Å². The molecule has 12 heteroatoms. The minimum atomic E-state index is -4.73. The molecule has 3 atom stereocenters. The van der Waals surface area contributed by atoms with Gasteiger partial charge in [-0.2, -0.15) is 0 Å². The number of hydrogen-bond acceptors (Lipinski definition) is 9. The van der Waals surface area contributed by atoms with E-state index in [0.29, 0.717) is 19.3 Å².